The molecule has 24 heavy (non-hydrogen) atoms. The number of aromatic nitrogens is 4. The fourth-order valence-electron chi connectivity index (χ4n) is 2.22. The summed E-state index contributed by atoms with van der Waals surface area (Å²) in [5, 5.41) is 19.8. The molecule has 0 aliphatic heterocycles. The molecular formula is C17H19N5O2. The molecule has 1 aromatic carbocycles. The van der Waals surface area contributed by atoms with Crippen molar-refractivity contribution >= 4 is 0 Å². The van der Waals surface area contributed by atoms with Crippen LogP contribution in [0.3, 0.4) is 0 Å². The third-order valence-corrected chi connectivity index (χ3v) is 3.50. The number of H-pyrrole nitrogens is 1. The molecule has 3 N–H and O–H groups in total. The van der Waals surface area contributed by atoms with Gasteiger partial charge in [0.15, 0.2) is 5.82 Å². The molecule has 0 saturated heterocycles. The molecule has 0 fully saturated rings. The monoisotopic (exact) mass is 325 g/mol. The van der Waals surface area contributed by atoms with Crippen LogP contribution in [0.25, 0.3) is 11.4 Å². The zero-order valence-electron chi connectivity index (χ0n) is 13.1. The Balaban J connectivity index is 1.37. The van der Waals surface area contributed by atoms with Crippen LogP contribution in [-0.2, 0) is 0 Å². The standard InChI is InChI=1S/C17H19N5O2/c23-16(14-2-1-7-18-10-14)11-19-8-9-24-15-5-3-13(4-6-15)17-20-12-21-22-17/h1-7,10,12,16,19,23H,8-9,11H2,(H,20,21,22)/t16-/m0/s1. The molecule has 7 nitrogen and oxygen atoms in total. The quantitative estimate of drug-likeness (QED) is 0.544. The minimum absolute atomic E-state index is 0.458. The van der Waals surface area contributed by atoms with E-state index in [1.54, 1.807) is 12.4 Å². The van der Waals surface area contributed by atoms with Crippen LogP contribution >= 0.6 is 0 Å². The highest BCUT2D eigenvalue weighted by Gasteiger charge is 2.06. The highest BCUT2D eigenvalue weighted by Crippen LogP contribution is 2.18. The molecule has 0 radical (unpaired) electrons. The second-order valence-corrected chi connectivity index (χ2v) is 5.21. The fourth-order valence-corrected chi connectivity index (χ4v) is 2.22. The maximum atomic E-state index is 10.0. The van der Waals surface area contributed by atoms with E-state index in [1.165, 1.54) is 6.33 Å². The third-order valence-electron chi connectivity index (χ3n) is 3.50. The van der Waals surface area contributed by atoms with Crippen molar-refractivity contribution in [3.05, 3.63) is 60.7 Å². The second kappa shape index (κ2) is 8.19. The van der Waals surface area contributed by atoms with E-state index < -0.39 is 6.10 Å². The van der Waals surface area contributed by atoms with Crippen LogP contribution in [0.1, 0.15) is 11.7 Å². The summed E-state index contributed by atoms with van der Waals surface area (Å²) in [5.74, 6) is 1.51. The Morgan fingerprint density at radius 1 is 1.21 bits per heavy atom. The number of hydrogen-bond acceptors (Lipinski definition) is 6. The molecular weight excluding hydrogens is 306 g/mol. The predicted octanol–water partition coefficient (Wildman–Crippen LogP) is 1.57. The number of aromatic amines is 1. The highest BCUT2D eigenvalue weighted by atomic mass is 16.5. The van der Waals surface area contributed by atoms with E-state index in [0.29, 0.717) is 19.7 Å². The first kappa shape index (κ1) is 16.1. The van der Waals surface area contributed by atoms with Gasteiger partial charge in [-0.25, -0.2) is 4.98 Å². The lowest BCUT2D eigenvalue weighted by Crippen LogP contribution is -2.26. The van der Waals surface area contributed by atoms with Crippen molar-refractivity contribution in [1.29, 1.82) is 0 Å². The first-order valence-electron chi connectivity index (χ1n) is 7.70. The topological polar surface area (TPSA) is 96.0 Å². The van der Waals surface area contributed by atoms with Gasteiger partial charge >= 0.3 is 0 Å². The van der Waals surface area contributed by atoms with Crippen molar-refractivity contribution in [2.75, 3.05) is 19.7 Å². The summed E-state index contributed by atoms with van der Waals surface area (Å²) < 4.78 is 5.66. The highest BCUT2D eigenvalue weighted by molar-refractivity contribution is 5.55. The zero-order valence-corrected chi connectivity index (χ0v) is 13.1. The van der Waals surface area contributed by atoms with Crippen LogP contribution < -0.4 is 10.1 Å². The largest absolute Gasteiger partial charge is 0.492 e. The molecule has 7 heteroatoms. The van der Waals surface area contributed by atoms with Gasteiger partial charge in [0.25, 0.3) is 0 Å². The molecule has 0 saturated carbocycles. The Morgan fingerprint density at radius 2 is 2.08 bits per heavy atom. The van der Waals surface area contributed by atoms with Crippen molar-refractivity contribution in [2.24, 2.45) is 0 Å². The minimum atomic E-state index is -0.570. The molecule has 0 aliphatic rings. The number of ether oxygens (including phenoxy) is 1. The van der Waals surface area contributed by atoms with Crippen molar-refractivity contribution in [3.8, 4) is 17.1 Å². The Kier molecular flexibility index (Phi) is 5.49. The zero-order chi connectivity index (χ0) is 16.6. The molecule has 3 rings (SSSR count). The average Bonchev–Trinajstić information content (AvgIpc) is 3.17. The van der Waals surface area contributed by atoms with Gasteiger partial charge in [0.05, 0.1) is 6.10 Å². The number of rotatable bonds is 8. The lowest BCUT2D eigenvalue weighted by atomic mass is 10.1. The molecule has 2 aromatic heterocycles. The molecule has 0 spiro atoms. The van der Waals surface area contributed by atoms with Gasteiger partial charge in [-0.2, -0.15) is 5.10 Å². The lowest BCUT2D eigenvalue weighted by molar-refractivity contribution is 0.171. The summed E-state index contributed by atoms with van der Waals surface area (Å²) in [7, 11) is 0. The Morgan fingerprint density at radius 3 is 2.79 bits per heavy atom. The molecule has 0 aliphatic carbocycles. The first-order chi connectivity index (χ1) is 11.8. The number of benzene rings is 1. The molecule has 124 valence electrons. The van der Waals surface area contributed by atoms with Gasteiger partial charge in [-0.1, -0.05) is 6.07 Å². The van der Waals surface area contributed by atoms with Gasteiger partial charge in [-0.3, -0.25) is 10.1 Å². The number of aliphatic hydroxyl groups excluding tert-OH is 1. The van der Waals surface area contributed by atoms with Crippen LogP contribution in [-0.4, -0.2) is 45.0 Å². The average molecular weight is 325 g/mol. The predicted molar refractivity (Wildman–Crippen MR) is 89.4 cm³/mol. The molecule has 0 bridgehead atoms. The number of aliphatic hydroxyl groups is 1. The third kappa shape index (κ3) is 4.37. The fraction of sp³-hybridized carbons (Fsp3) is 0.235. The Labute approximate surface area is 139 Å². The summed E-state index contributed by atoms with van der Waals surface area (Å²) in [6, 6.07) is 11.3. The van der Waals surface area contributed by atoms with Gasteiger partial charge in [0, 0.05) is 36.6 Å². The smallest absolute Gasteiger partial charge is 0.155 e. The number of pyridine rings is 1. The van der Waals surface area contributed by atoms with Gasteiger partial charge in [0.1, 0.15) is 18.7 Å². The van der Waals surface area contributed by atoms with Gasteiger partial charge < -0.3 is 15.2 Å². The Hall–Kier alpha value is -2.77. The minimum Gasteiger partial charge on any atom is -0.492 e. The van der Waals surface area contributed by atoms with Crippen LogP contribution in [0.2, 0.25) is 0 Å². The van der Waals surface area contributed by atoms with Gasteiger partial charge in [0.2, 0.25) is 0 Å². The normalized spacial score (nSPS) is 12.0. The van der Waals surface area contributed by atoms with Crippen LogP contribution in [0.4, 0.5) is 0 Å². The summed E-state index contributed by atoms with van der Waals surface area (Å²) in [6.07, 6.45) is 4.26. The number of nitrogens with one attached hydrogen (secondary N) is 2. The molecule has 2 heterocycles. The maximum Gasteiger partial charge on any atom is 0.155 e. The SMILES string of the molecule is O[C@@H](CNCCOc1ccc(-c2ncn[nH]2)cc1)c1cccnc1. The first-order valence-corrected chi connectivity index (χ1v) is 7.70. The van der Waals surface area contributed by atoms with Crippen molar-refractivity contribution in [2.45, 2.75) is 6.10 Å². The van der Waals surface area contributed by atoms with Crippen molar-refractivity contribution < 1.29 is 9.84 Å². The van der Waals surface area contributed by atoms with E-state index in [1.807, 2.05) is 36.4 Å². The van der Waals surface area contributed by atoms with E-state index in [9.17, 15) is 5.11 Å². The van der Waals surface area contributed by atoms with Gasteiger partial charge in [-0.15, -0.1) is 0 Å². The summed E-state index contributed by atoms with van der Waals surface area (Å²) >= 11 is 0. The van der Waals surface area contributed by atoms with E-state index in [4.69, 9.17) is 4.74 Å². The van der Waals surface area contributed by atoms with Crippen LogP contribution in [0, 0.1) is 0 Å². The second-order valence-electron chi connectivity index (χ2n) is 5.21. The molecule has 0 amide bonds. The maximum absolute atomic E-state index is 10.0. The Bertz CT molecular complexity index is 717. The van der Waals surface area contributed by atoms with E-state index in [-0.39, 0.29) is 0 Å². The van der Waals surface area contributed by atoms with Crippen molar-refractivity contribution in [3.63, 3.8) is 0 Å². The molecule has 3 aromatic rings. The van der Waals surface area contributed by atoms with E-state index in [2.05, 4.69) is 25.5 Å². The number of hydrogen-bond donors (Lipinski definition) is 3. The summed E-state index contributed by atoms with van der Waals surface area (Å²) in [4.78, 5) is 8.09. The van der Waals surface area contributed by atoms with E-state index >= 15 is 0 Å². The summed E-state index contributed by atoms with van der Waals surface area (Å²) in [5.41, 5.74) is 1.76. The number of nitrogens with zero attached hydrogens (tertiary/aromatic N) is 3. The van der Waals surface area contributed by atoms with Crippen LogP contribution in [0.15, 0.2) is 55.1 Å². The molecule has 1 atom stereocenters. The molecule has 0 unspecified atom stereocenters. The summed E-state index contributed by atoms with van der Waals surface area (Å²) in [6.45, 7) is 1.61. The van der Waals surface area contributed by atoms with Crippen LogP contribution in [0.5, 0.6) is 5.75 Å². The van der Waals surface area contributed by atoms with Gasteiger partial charge in [-0.05, 0) is 30.3 Å². The van der Waals surface area contributed by atoms with E-state index in [0.717, 1.165) is 22.7 Å². The lowest BCUT2D eigenvalue weighted by Gasteiger charge is -2.12. The van der Waals surface area contributed by atoms with Crippen molar-refractivity contribution in [1.82, 2.24) is 25.5 Å².